The van der Waals surface area contributed by atoms with Crippen molar-refractivity contribution in [2.75, 3.05) is 6.61 Å². The van der Waals surface area contributed by atoms with E-state index in [2.05, 4.69) is 48.7 Å². The summed E-state index contributed by atoms with van der Waals surface area (Å²) in [6, 6.07) is 12.7. The highest BCUT2D eigenvalue weighted by Crippen LogP contribution is 2.35. The molecule has 0 aliphatic heterocycles. The van der Waals surface area contributed by atoms with Gasteiger partial charge in [-0.25, -0.2) is 0 Å². The fraction of sp³-hybridized carbons (Fsp3) is 0.688. The highest BCUT2D eigenvalue weighted by molar-refractivity contribution is 7.14. The van der Waals surface area contributed by atoms with Crippen LogP contribution in [0.1, 0.15) is 135 Å². The van der Waals surface area contributed by atoms with E-state index in [0.717, 1.165) is 12.4 Å². The second-order valence-corrected chi connectivity index (χ2v) is 11.0. The standard InChI is InChI=1S/C32H52OS/c1-2-3-4-5-6-7-8-9-10-11-12-13-14-15-16-17-18-19-20-24-28-33-31-27-29-34-32(31)30-25-22-21-23-26-30/h21-23,25-27,29H,2-20,24,28H2,1H3. The number of hydrogen-bond acceptors (Lipinski definition) is 2. The van der Waals surface area contributed by atoms with Crippen LogP contribution in [0.2, 0.25) is 0 Å². The minimum atomic E-state index is 0.843. The van der Waals surface area contributed by atoms with Crippen molar-refractivity contribution in [3.05, 3.63) is 41.8 Å². The predicted molar refractivity (Wildman–Crippen MR) is 153 cm³/mol. The van der Waals surface area contributed by atoms with E-state index >= 15 is 0 Å². The highest BCUT2D eigenvalue weighted by Gasteiger charge is 2.07. The van der Waals surface area contributed by atoms with Crippen molar-refractivity contribution < 1.29 is 4.74 Å². The van der Waals surface area contributed by atoms with E-state index in [1.54, 1.807) is 11.3 Å². The summed E-state index contributed by atoms with van der Waals surface area (Å²) < 4.78 is 6.08. The molecule has 0 spiro atoms. The maximum Gasteiger partial charge on any atom is 0.137 e. The molecule has 2 aromatic rings. The zero-order chi connectivity index (χ0) is 23.9. The topological polar surface area (TPSA) is 9.23 Å². The van der Waals surface area contributed by atoms with Gasteiger partial charge in [0.25, 0.3) is 0 Å². The molecule has 2 rings (SSSR count). The van der Waals surface area contributed by atoms with E-state index in [0.29, 0.717) is 0 Å². The summed E-state index contributed by atoms with van der Waals surface area (Å²) in [5.74, 6) is 1.05. The second-order valence-electron chi connectivity index (χ2n) is 10.0. The van der Waals surface area contributed by atoms with Crippen molar-refractivity contribution >= 4 is 11.3 Å². The van der Waals surface area contributed by atoms with Crippen molar-refractivity contribution in [3.63, 3.8) is 0 Å². The molecule has 0 atom stereocenters. The lowest BCUT2D eigenvalue weighted by Gasteiger charge is -2.07. The monoisotopic (exact) mass is 484 g/mol. The minimum absolute atomic E-state index is 0.843. The molecule has 1 heterocycles. The van der Waals surface area contributed by atoms with E-state index in [9.17, 15) is 0 Å². The van der Waals surface area contributed by atoms with Crippen LogP contribution in [0.25, 0.3) is 10.4 Å². The molecule has 0 radical (unpaired) electrons. The van der Waals surface area contributed by atoms with Crippen LogP contribution >= 0.6 is 11.3 Å². The molecule has 0 aliphatic rings. The van der Waals surface area contributed by atoms with Gasteiger partial charge < -0.3 is 4.74 Å². The molecular formula is C32H52OS. The van der Waals surface area contributed by atoms with E-state index in [-0.39, 0.29) is 0 Å². The summed E-state index contributed by atoms with van der Waals surface area (Å²) in [6.45, 7) is 3.14. The Kier molecular flexibility index (Phi) is 17.9. The van der Waals surface area contributed by atoms with Crippen molar-refractivity contribution in [2.45, 2.75) is 135 Å². The molecule has 0 saturated heterocycles. The predicted octanol–water partition coefficient (Wildman–Crippen LogP) is 11.6. The lowest BCUT2D eigenvalue weighted by Crippen LogP contribution is -1.97. The van der Waals surface area contributed by atoms with Crippen LogP contribution in [0.15, 0.2) is 41.8 Å². The van der Waals surface area contributed by atoms with Gasteiger partial charge in [0, 0.05) is 0 Å². The SMILES string of the molecule is CCCCCCCCCCCCCCCCCCCCCCOc1ccsc1-c1ccccc1. The Labute approximate surface area is 215 Å². The lowest BCUT2D eigenvalue weighted by atomic mass is 10.0. The zero-order valence-corrected chi connectivity index (χ0v) is 23.0. The van der Waals surface area contributed by atoms with Crippen molar-refractivity contribution in [1.29, 1.82) is 0 Å². The number of rotatable bonds is 23. The largest absolute Gasteiger partial charge is 0.492 e. The lowest BCUT2D eigenvalue weighted by molar-refractivity contribution is 0.306. The summed E-state index contributed by atoms with van der Waals surface area (Å²) in [6.07, 6.45) is 28.4. The fourth-order valence-electron chi connectivity index (χ4n) is 4.75. The Morgan fingerprint density at radius 1 is 0.529 bits per heavy atom. The van der Waals surface area contributed by atoms with Gasteiger partial charge in [-0.05, 0) is 23.4 Å². The van der Waals surface area contributed by atoms with Gasteiger partial charge >= 0.3 is 0 Å². The first kappa shape index (κ1) is 29.0. The fourth-order valence-corrected chi connectivity index (χ4v) is 5.59. The molecular weight excluding hydrogens is 432 g/mol. The molecule has 0 fully saturated rings. The molecule has 0 aliphatic carbocycles. The van der Waals surface area contributed by atoms with Gasteiger partial charge in [0.15, 0.2) is 0 Å². The third-order valence-electron chi connectivity index (χ3n) is 6.92. The van der Waals surface area contributed by atoms with Crippen LogP contribution in [-0.2, 0) is 0 Å². The third kappa shape index (κ3) is 14.2. The summed E-state index contributed by atoms with van der Waals surface area (Å²) in [4.78, 5) is 1.26. The quantitative estimate of drug-likeness (QED) is 0.142. The Morgan fingerprint density at radius 3 is 1.44 bits per heavy atom. The second kappa shape index (κ2) is 21.0. The maximum absolute atomic E-state index is 6.08. The zero-order valence-electron chi connectivity index (χ0n) is 22.2. The first-order valence-corrected chi connectivity index (χ1v) is 15.6. The molecule has 0 unspecified atom stereocenters. The molecule has 192 valence electrons. The minimum Gasteiger partial charge on any atom is -0.492 e. The Balaban J connectivity index is 1.29. The number of hydrogen-bond donors (Lipinski definition) is 0. The van der Waals surface area contributed by atoms with Crippen molar-refractivity contribution in [1.82, 2.24) is 0 Å². The van der Waals surface area contributed by atoms with Gasteiger partial charge in [-0.15, -0.1) is 11.3 Å². The van der Waals surface area contributed by atoms with Gasteiger partial charge in [-0.1, -0.05) is 159 Å². The molecule has 0 saturated carbocycles. The number of unbranched alkanes of at least 4 members (excludes halogenated alkanes) is 19. The van der Waals surface area contributed by atoms with Gasteiger partial charge in [-0.2, -0.15) is 0 Å². The van der Waals surface area contributed by atoms with E-state index in [1.165, 1.54) is 139 Å². The van der Waals surface area contributed by atoms with E-state index < -0.39 is 0 Å². The molecule has 0 N–H and O–H groups in total. The average molecular weight is 485 g/mol. The number of benzene rings is 1. The first-order valence-electron chi connectivity index (χ1n) is 14.7. The van der Waals surface area contributed by atoms with Crippen LogP contribution in [0, 0.1) is 0 Å². The molecule has 0 amide bonds. The Bertz CT molecular complexity index is 677. The third-order valence-corrected chi connectivity index (χ3v) is 7.87. The molecule has 1 aromatic carbocycles. The van der Waals surface area contributed by atoms with Crippen LogP contribution in [-0.4, -0.2) is 6.61 Å². The maximum atomic E-state index is 6.08. The van der Waals surface area contributed by atoms with E-state index in [4.69, 9.17) is 4.74 Å². The smallest absolute Gasteiger partial charge is 0.137 e. The van der Waals surface area contributed by atoms with Gasteiger partial charge in [0.05, 0.1) is 11.5 Å². The van der Waals surface area contributed by atoms with Gasteiger partial charge in [0.2, 0.25) is 0 Å². The van der Waals surface area contributed by atoms with Crippen molar-refractivity contribution in [3.8, 4) is 16.2 Å². The Morgan fingerprint density at radius 2 is 0.971 bits per heavy atom. The summed E-state index contributed by atoms with van der Waals surface area (Å²) in [5, 5.41) is 2.13. The summed E-state index contributed by atoms with van der Waals surface area (Å²) >= 11 is 1.77. The first-order chi connectivity index (χ1) is 16.9. The summed E-state index contributed by atoms with van der Waals surface area (Å²) in [7, 11) is 0. The highest BCUT2D eigenvalue weighted by atomic mass is 32.1. The van der Waals surface area contributed by atoms with Crippen LogP contribution in [0.3, 0.4) is 0 Å². The molecule has 34 heavy (non-hydrogen) atoms. The number of thiophene rings is 1. The van der Waals surface area contributed by atoms with Crippen LogP contribution in [0.5, 0.6) is 5.75 Å². The van der Waals surface area contributed by atoms with Gasteiger partial charge in [-0.3, -0.25) is 0 Å². The average Bonchev–Trinajstić information content (AvgIpc) is 3.34. The summed E-state index contributed by atoms with van der Waals surface area (Å²) in [5.41, 5.74) is 1.26. The van der Waals surface area contributed by atoms with E-state index in [1.807, 2.05) is 0 Å². The Hall–Kier alpha value is -1.28. The normalized spacial score (nSPS) is 11.2. The van der Waals surface area contributed by atoms with Crippen LogP contribution in [0.4, 0.5) is 0 Å². The molecule has 2 heteroatoms. The van der Waals surface area contributed by atoms with Crippen LogP contribution < -0.4 is 4.74 Å². The molecule has 1 aromatic heterocycles. The number of ether oxygens (including phenoxy) is 1. The van der Waals surface area contributed by atoms with Crippen molar-refractivity contribution in [2.24, 2.45) is 0 Å². The van der Waals surface area contributed by atoms with Gasteiger partial charge in [0.1, 0.15) is 5.75 Å². The molecule has 1 nitrogen and oxygen atoms in total. The molecule has 0 bridgehead atoms.